The van der Waals surface area contributed by atoms with Gasteiger partial charge < -0.3 is 20.9 Å². The Morgan fingerprint density at radius 3 is 2.61 bits per heavy atom. The van der Waals surface area contributed by atoms with Gasteiger partial charge in [0.25, 0.3) is 0 Å². The summed E-state index contributed by atoms with van der Waals surface area (Å²) < 4.78 is 43.1. The van der Waals surface area contributed by atoms with Gasteiger partial charge in [0, 0.05) is 18.5 Å². The van der Waals surface area contributed by atoms with Gasteiger partial charge in [0.2, 0.25) is 0 Å². The van der Waals surface area contributed by atoms with E-state index in [4.69, 9.17) is 15.6 Å². The minimum absolute atomic E-state index is 0.0279. The molecular weight excluding hydrogens is 249 g/mol. The number of ether oxygens (including phenoxy) is 1. The van der Waals surface area contributed by atoms with Crippen LogP contribution in [-0.2, 0) is 10.9 Å². The highest BCUT2D eigenvalue weighted by Crippen LogP contribution is 2.36. The first-order valence-corrected chi connectivity index (χ1v) is 5.21. The first-order chi connectivity index (χ1) is 8.38. The molecule has 0 fully saturated rings. The molecule has 102 valence electrons. The second-order valence-corrected chi connectivity index (χ2v) is 3.78. The van der Waals surface area contributed by atoms with Gasteiger partial charge in [-0.25, -0.2) is 0 Å². The van der Waals surface area contributed by atoms with E-state index in [0.717, 1.165) is 6.07 Å². The Kier molecular flexibility index (Phi) is 4.80. The summed E-state index contributed by atoms with van der Waals surface area (Å²) in [6.07, 6.45) is -4.51. The highest BCUT2D eigenvalue weighted by atomic mass is 19.4. The maximum Gasteiger partial charge on any atom is 0.418 e. The Balaban J connectivity index is 3.01. The summed E-state index contributed by atoms with van der Waals surface area (Å²) >= 11 is 0. The van der Waals surface area contributed by atoms with Crippen LogP contribution in [0.4, 0.5) is 24.5 Å². The van der Waals surface area contributed by atoms with Crippen LogP contribution in [0.15, 0.2) is 18.2 Å². The SMILES string of the molecule is COCC(CO)Nc1ccc(N)cc1C(F)(F)F. The molecule has 0 saturated heterocycles. The molecule has 0 aliphatic heterocycles. The summed E-state index contributed by atoms with van der Waals surface area (Å²) in [5, 5.41) is 11.6. The van der Waals surface area contributed by atoms with Crippen LogP contribution in [0.5, 0.6) is 0 Å². The zero-order valence-corrected chi connectivity index (χ0v) is 9.79. The summed E-state index contributed by atoms with van der Waals surface area (Å²) in [6, 6.07) is 2.83. The number of nitrogens with two attached hydrogens (primary N) is 1. The van der Waals surface area contributed by atoms with Gasteiger partial charge in [-0.2, -0.15) is 13.2 Å². The summed E-state index contributed by atoms with van der Waals surface area (Å²) in [7, 11) is 1.40. The number of anilines is 2. The van der Waals surface area contributed by atoms with Gasteiger partial charge in [-0.3, -0.25) is 0 Å². The lowest BCUT2D eigenvalue weighted by Gasteiger charge is -2.20. The Labute approximate surface area is 103 Å². The van der Waals surface area contributed by atoms with Crippen LogP contribution in [0.3, 0.4) is 0 Å². The normalized spacial score (nSPS) is 13.4. The van der Waals surface area contributed by atoms with Crippen molar-refractivity contribution >= 4 is 11.4 Å². The third kappa shape index (κ3) is 3.78. The van der Waals surface area contributed by atoms with Crippen LogP contribution in [0, 0.1) is 0 Å². The average molecular weight is 264 g/mol. The summed E-state index contributed by atoms with van der Waals surface area (Å²) in [5.41, 5.74) is 4.38. The van der Waals surface area contributed by atoms with Crippen molar-refractivity contribution in [3.63, 3.8) is 0 Å². The van der Waals surface area contributed by atoms with E-state index in [-0.39, 0.29) is 24.6 Å². The van der Waals surface area contributed by atoms with E-state index in [0.29, 0.717) is 0 Å². The molecule has 0 amide bonds. The van der Waals surface area contributed by atoms with Gasteiger partial charge in [0.15, 0.2) is 0 Å². The van der Waals surface area contributed by atoms with Crippen molar-refractivity contribution in [2.45, 2.75) is 12.2 Å². The lowest BCUT2D eigenvalue weighted by molar-refractivity contribution is -0.136. The first-order valence-electron chi connectivity index (χ1n) is 5.21. The Bertz CT molecular complexity index is 396. The fraction of sp³-hybridized carbons (Fsp3) is 0.455. The maximum atomic E-state index is 12.8. The van der Waals surface area contributed by atoms with Crippen molar-refractivity contribution < 1.29 is 23.0 Å². The first kappa shape index (κ1) is 14.6. The van der Waals surface area contributed by atoms with Crippen LogP contribution >= 0.6 is 0 Å². The Hall–Kier alpha value is -1.47. The van der Waals surface area contributed by atoms with Gasteiger partial charge in [-0.1, -0.05) is 0 Å². The molecule has 1 aromatic carbocycles. The molecule has 4 nitrogen and oxygen atoms in total. The summed E-state index contributed by atoms with van der Waals surface area (Å²) in [6.45, 7) is -0.242. The highest BCUT2D eigenvalue weighted by molar-refractivity contribution is 5.59. The van der Waals surface area contributed by atoms with Gasteiger partial charge >= 0.3 is 6.18 Å². The van der Waals surface area contributed by atoms with E-state index in [9.17, 15) is 13.2 Å². The standard InChI is InChI=1S/C11H15F3N2O2/c1-18-6-8(5-17)16-10-3-2-7(15)4-9(10)11(12,13)14/h2-4,8,16-17H,5-6,15H2,1H3. The monoisotopic (exact) mass is 264 g/mol. The second kappa shape index (κ2) is 5.92. The minimum Gasteiger partial charge on any atom is -0.399 e. The average Bonchev–Trinajstić information content (AvgIpc) is 2.29. The van der Waals surface area contributed by atoms with Crippen molar-refractivity contribution in [3.05, 3.63) is 23.8 Å². The minimum atomic E-state index is -4.51. The number of aliphatic hydroxyl groups excluding tert-OH is 1. The molecule has 0 aliphatic rings. The number of nitrogens with one attached hydrogen (secondary N) is 1. The van der Waals surface area contributed by atoms with E-state index in [2.05, 4.69) is 5.32 Å². The largest absolute Gasteiger partial charge is 0.418 e. The van der Waals surface area contributed by atoms with Crippen molar-refractivity contribution in [2.24, 2.45) is 0 Å². The van der Waals surface area contributed by atoms with E-state index in [1.165, 1.54) is 19.2 Å². The van der Waals surface area contributed by atoms with Crippen molar-refractivity contribution in [2.75, 3.05) is 31.4 Å². The number of alkyl halides is 3. The molecule has 0 radical (unpaired) electrons. The molecular formula is C11H15F3N2O2. The van der Waals surface area contributed by atoms with Gasteiger partial charge in [-0.05, 0) is 18.2 Å². The van der Waals surface area contributed by atoms with E-state index < -0.39 is 17.8 Å². The number of halogens is 3. The van der Waals surface area contributed by atoms with Crippen molar-refractivity contribution in [1.29, 1.82) is 0 Å². The molecule has 0 spiro atoms. The van der Waals surface area contributed by atoms with E-state index in [1.807, 2.05) is 0 Å². The fourth-order valence-electron chi connectivity index (χ4n) is 1.48. The molecule has 0 saturated carbocycles. The third-order valence-electron chi connectivity index (χ3n) is 2.30. The molecule has 1 aromatic rings. The van der Waals surface area contributed by atoms with Crippen LogP contribution in [0.1, 0.15) is 5.56 Å². The van der Waals surface area contributed by atoms with Gasteiger partial charge in [0.1, 0.15) is 0 Å². The van der Waals surface area contributed by atoms with Gasteiger partial charge in [-0.15, -0.1) is 0 Å². The second-order valence-electron chi connectivity index (χ2n) is 3.78. The van der Waals surface area contributed by atoms with Crippen molar-refractivity contribution in [3.8, 4) is 0 Å². The molecule has 4 N–H and O–H groups in total. The molecule has 18 heavy (non-hydrogen) atoms. The maximum absolute atomic E-state index is 12.8. The molecule has 1 atom stereocenters. The zero-order valence-electron chi connectivity index (χ0n) is 9.79. The lowest BCUT2D eigenvalue weighted by Crippen LogP contribution is -2.30. The molecule has 7 heteroatoms. The lowest BCUT2D eigenvalue weighted by atomic mass is 10.1. The predicted octanol–water partition coefficient (Wildman–Crippen LogP) is 1.71. The predicted molar refractivity (Wildman–Crippen MR) is 62.2 cm³/mol. The summed E-state index contributed by atoms with van der Waals surface area (Å²) in [4.78, 5) is 0. The number of methoxy groups -OCH3 is 1. The van der Waals surface area contributed by atoms with Gasteiger partial charge in [0.05, 0.1) is 24.8 Å². The Morgan fingerprint density at radius 2 is 2.11 bits per heavy atom. The molecule has 1 rings (SSSR count). The number of nitrogen functional groups attached to an aromatic ring is 1. The molecule has 0 aliphatic carbocycles. The molecule has 0 bridgehead atoms. The number of benzene rings is 1. The number of hydrogen-bond donors (Lipinski definition) is 3. The smallest absolute Gasteiger partial charge is 0.399 e. The zero-order chi connectivity index (χ0) is 13.8. The van der Waals surface area contributed by atoms with Crippen LogP contribution in [-0.4, -0.2) is 31.5 Å². The van der Waals surface area contributed by atoms with Crippen LogP contribution in [0.25, 0.3) is 0 Å². The number of aliphatic hydroxyl groups is 1. The number of hydrogen-bond acceptors (Lipinski definition) is 4. The van der Waals surface area contributed by atoms with Crippen LogP contribution < -0.4 is 11.1 Å². The molecule has 0 heterocycles. The fourth-order valence-corrected chi connectivity index (χ4v) is 1.48. The molecule has 1 unspecified atom stereocenters. The quantitative estimate of drug-likeness (QED) is 0.708. The number of rotatable bonds is 5. The third-order valence-corrected chi connectivity index (χ3v) is 2.30. The molecule has 0 aromatic heterocycles. The topological polar surface area (TPSA) is 67.5 Å². The summed E-state index contributed by atoms with van der Waals surface area (Å²) in [5.74, 6) is 0. The van der Waals surface area contributed by atoms with E-state index in [1.54, 1.807) is 0 Å². The van der Waals surface area contributed by atoms with Crippen LogP contribution in [0.2, 0.25) is 0 Å². The highest BCUT2D eigenvalue weighted by Gasteiger charge is 2.34. The Morgan fingerprint density at radius 1 is 1.44 bits per heavy atom. The van der Waals surface area contributed by atoms with E-state index >= 15 is 0 Å². The van der Waals surface area contributed by atoms with Crippen molar-refractivity contribution in [1.82, 2.24) is 0 Å².